The Hall–Kier alpha value is -1.68. The monoisotopic (exact) mass is 234 g/mol. The molecular formula is C13H15FN2O. The summed E-state index contributed by atoms with van der Waals surface area (Å²) in [6.45, 7) is 3.63. The normalized spacial score (nSPS) is 12.7. The summed E-state index contributed by atoms with van der Waals surface area (Å²) < 4.78 is 15.1. The second-order valence-electron chi connectivity index (χ2n) is 3.95. The van der Waals surface area contributed by atoms with E-state index in [0.717, 1.165) is 17.9 Å². The van der Waals surface area contributed by atoms with Gasteiger partial charge in [-0.3, -0.25) is 0 Å². The lowest BCUT2D eigenvalue weighted by molar-refractivity contribution is 0.198. The lowest BCUT2D eigenvalue weighted by Crippen LogP contribution is -2.05. The molecule has 17 heavy (non-hydrogen) atoms. The number of aliphatic hydroxyl groups excluding tert-OH is 1. The van der Waals surface area contributed by atoms with Crippen LogP contribution in [0.4, 0.5) is 4.39 Å². The molecule has 0 aliphatic rings. The molecule has 0 unspecified atom stereocenters. The predicted octanol–water partition coefficient (Wildman–Crippen LogP) is 2.63. The van der Waals surface area contributed by atoms with E-state index in [-0.39, 0.29) is 5.82 Å². The van der Waals surface area contributed by atoms with E-state index in [1.165, 1.54) is 12.1 Å². The molecule has 1 atom stereocenters. The first-order valence-electron chi connectivity index (χ1n) is 5.63. The van der Waals surface area contributed by atoms with Crippen LogP contribution in [0.1, 0.15) is 31.3 Å². The highest BCUT2D eigenvalue weighted by Crippen LogP contribution is 2.23. The zero-order valence-electron chi connectivity index (χ0n) is 9.89. The van der Waals surface area contributed by atoms with Crippen LogP contribution in [0.5, 0.6) is 0 Å². The number of aryl methyl sites for hydroxylation is 1. The number of aliphatic hydroxyl groups is 1. The van der Waals surface area contributed by atoms with Crippen molar-refractivity contribution >= 4 is 0 Å². The molecule has 0 saturated carbocycles. The molecule has 0 aliphatic carbocycles. The molecule has 2 aromatic rings. The summed E-state index contributed by atoms with van der Waals surface area (Å²) in [4.78, 5) is 4.22. The molecule has 1 aromatic heterocycles. The fraction of sp³-hybridized carbons (Fsp3) is 0.308. The Labute approximate surface area is 99.5 Å². The molecule has 90 valence electrons. The zero-order chi connectivity index (χ0) is 12.4. The highest BCUT2D eigenvalue weighted by Gasteiger charge is 2.12. The second kappa shape index (κ2) is 4.67. The van der Waals surface area contributed by atoms with E-state index < -0.39 is 6.10 Å². The van der Waals surface area contributed by atoms with E-state index >= 15 is 0 Å². The molecule has 0 amide bonds. The van der Waals surface area contributed by atoms with Crippen LogP contribution in [-0.2, 0) is 6.42 Å². The Balaban J connectivity index is 2.59. The quantitative estimate of drug-likeness (QED) is 0.886. The van der Waals surface area contributed by atoms with Crippen LogP contribution in [0.25, 0.3) is 5.69 Å². The molecule has 0 saturated heterocycles. The summed E-state index contributed by atoms with van der Waals surface area (Å²) in [6.07, 6.45) is 3.59. The van der Waals surface area contributed by atoms with Crippen molar-refractivity contribution in [2.45, 2.75) is 26.4 Å². The third-order valence-corrected chi connectivity index (χ3v) is 2.73. The van der Waals surface area contributed by atoms with Gasteiger partial charge >= 0.3 is 0 Å². The highest BCUT2D eigenvalue weighted by atomic mass is 19.1. The maximum Gasteiger partial charge on any atom is 0.123 e. The fourth-order valence-corrected chi connectivity index (χ4v) is 1.89. The van der Waals surface area contributed by atoms with Crippen LogP contribution in [-0.4, -0.2) is 14.7 Å². The molecule has 0 radical (unpaired) electrons. The summed E-state index contributed by atoms with van der Waals surface area (Å²) in [5, 5.41) is 9.69. The molecule has 0 fully saturated rings. The average molecular weight is 234 g/mol. The Bertz CT molecular complexity index is 520. The van der Waals surface area contributed by atoms with Crippen molar-refractivity contribution in [3.8, 4) is 5.69 Å². The van der Waals surface area contributed by atoms with E-state index in [1.54, 1.807) is 19.2 Å². The first kappa shape index (κ1) is 11.8. The third-order valence-electron chi connectivity index (χ3n) is 2.73. The van der Waals surface area contributed by atoms with Crippen molar-refractivity contribution in [3.63, 3.8) is 0 Å². The Kier molecular flexibility index (Phi) is 3.24. The smallest absolute Gasteiger partial charge is 0.123 e. The van der Waals surface area contributed by atoms with Gasteiger partial charge in [-0.05, 0) is 25.1 Å². The van der Waals surface area contributed by atoms with Gasteiger partial charge in [0.2, 0.25) is 0 Å². The summed E-state index contributed by atoms with van der Waals surface area (Å²) in [5.74, 6) is 0.543. The summed E-state index contributed by atoms with van der Waals surface area (Å²) in [6, 6.07) is 4.42. The van der Waals surface area contributed by atoms with Gasteiger partial charge in [-0.2, -0.15) is 0 Å². The number of aromatic nitrogens is 2. The van der Waals surface area contributed by atoms with E-state index in [0.29, 0.717) is 5.56 Å². The van der Waals surface area contributed by atoms with Gasteiger partial charge in [0, 0.05) is 24.4 Å². The number of hydrogen-bond acceptors (Lipinski definition) is 2. The van der Waals surface area contributed by atoms with E-state index in [2.05, 4.69) is 4.98 Å². The first-order chi connectivity index (χ1) is 8.13. The van der Waals surface area contributed by atoms with Crippen LogP contribution in [0, 0.1) is 5.82 Å². The van der Waals surface area contributed by atoms with Gasteiger partial charge in [0.25, 0.3) is 0 Å². The largest absolute Gasteiger partial charge is 0.389 e. The first-order valence-corrected chi connectivity index (χ1v) is 5.63. The number of rotatable bonds is 3. The maximum atomic E-state index is 13.2. The number of imidazole rings is 1. The minimum absolute atomic E-state index is 0.345. The van der Waals surface area contributed by atoms with Gasteiger partial charge in [0.05, 0.1) is 11.8 Å². The molecule has 4 heteroatoms. The molecule has 0 aliphatic heterocycles. The number of hydrogen-bond donors (Lipinski definition) is 1. The number of benzene rings is 1. The molecule has 1 heterocycles. The van der Waals surface area contributed by atoms with Gasteiger partial charge < -0.3 is 9.67 Å². The molecular weight excluding hydrogens is 219 g/mol. The van der Waals surface area contributed by atoms with Gasteiger partial charge in [0.15, 0.2) is 0 Å². The summed E-state index contributed by atoms with van der Waals surface area (Å²) in [5.41, 5.74) is 1.34. The summed E-state index contributed by atoms with van der Waals surface area (Å²) >= 11 is 0. The van der Waals surface area contributed by atoms with Crippen molar-refractivity contribution in [2.75, 3.05) is 0 Å². The van der Waals surface area contributed by atoms with Crippen molar-refractivity contribution in [1.29, 1.82) is 0 Å². The zero-order valence-corrected chi connectivity index (χ0v) is 9.89. The Morgan fingerprint density at radius 3 is 2.88 bits per heavy atom. The highest BCUT2D eigenvalue weighted by molar-refractivity contribution is 5.43. The second-order valence-corrected chi connectivity index (χ2v) is 3.95. The van der Waals surface area contributed by atoms with E-state index in [4.69, 9.17) is 0 Å². The maximum absolute atomic E-state index is 13.2. The molecule has 0 spiro atoms. The fourth-order valence-electron chi connectivity index (χ4n) is 1.89. The van der Waals surface area contributed by atoms with Crippen LogP contribution in [0.3, 0.4) is 0 Å². The van der Waals surface area contributed by atoms with Crippen molar-refractivity contribution in [3.05, 3.63) is 47.8 Å². The van der Waals surface area contributed by atoms with Crippen LogP contribution >= 0.6 is 0 Å². The van der Waals surface area contributed by atoms with Crippen LogP contribution in [0.15, 0.2) is 30.6 Å². The minimum atomic E-state index is -0.715. The SMILES string of the molecule is CCc1nccn1-c1ccc(F)cc1[C@H](C)O. The van der Waals surface area contributed by atoms with Crippen LogP contribution in [0.2, 0.25) is 0 Å². The van der Waals surface area contributed by atoms with Gasteiger partial charge in [0.1, 0.15) is 11.6 Å². The van der Waals surface area contributed by atoms with Crippen LogP contribution < -0.4 is 0 Å². The molecule has 0 bridgehead atoms. The number of halogens is 1. The lowest BCUT2D eigenvalue weighted by atomic mass is 10.1. The lowest BCUT2D eigenvalue weighted by Gasteiger charge is -2.14. The van der Waals surface area contributed by atoms with Crippen molar-refractivity contribution in [1.82, 2.24) is 9.55 Å². The molecule has 2 rings (SSSR count). The van der Waals surface area contributed by atoms with Crippen molar-refractivity contribution in [2.24, 2.45) is 0 Å². The van der Waals surface area contributed by atoms with Gasteiger partial charge in [-0.15, -0.1) is 0 Å². The molecule has 1 aromatic carbocycles. The summed E-state index contributed by atoms with van der Waals surface area (Å²) in [7, 11) is 0. The third kappa shape index (κ3) is 2.22. The minimum Gasteiger partial charge on any atom is -0.389 e. The Morgan fingerprint density at radius 2 is 2.24 bits per heavy atom. The average Bonchev–Trinajstić information content (AvgIpc) is 2.76. The standard InChI is InChI=1S/C13H15FN2O/c1-3-13-15-6-7-16(13)12-5-4-10(14)8-11(12)9(2)17/h4-9,17H,3H2,1-2H3/t9-/m0/s1. The van der Waals surface area contributed by atoms with E-state index in [1.807, 2.05) is 17.7 Å². The molecule has 3 nitrogen and oxygen atoms in total. The van der Waals surface area contributed by atoms with E-state index in [9.17, 15) is 9.50 Å². The topological polar surface area (TPSA) is 38.0 Å². The van der Waals surface area contributed by atoms with Crippen molar-refractivity contribution < 1.29 is 9.50 Å². The molecule has 1 N–H and O–H groups in total. The number of nitrogens with zero attached hydrogens (tertiary/aromatic N) is 2. The van der Waals surface area contributed by atoms with Gasteiger partial charge in [-0.25, -0.2) is 9.37 Å². The Morgan fingerprint density at radius 1 is 1.47 bits per heavy atom. The van der Waals surface area contributed by atoms with Gasteiger partial charge in [-0.1, -0.05) is 6.92 Å². The predicted molar refractivity (Wildman–Crippen MR) is 63.5 cm³/mol.